The van der Waals surface area contributed by atoms with Crippen LogP contribution in [0.15, 0.2) is 42.5 Å². The summed E-state index contributed by atoms with van der Waals surface area (Å²) in [5.41, 5.74) is 2.05. The third-order valence-corrected chi connectivity index (χ3v) is 6.59. The van der Waals surface area contributed by atoms with Gasteiger partial charge in [0.25, 0.3) is 0 Å². The van der Waals surface area contributed by atoms with Crippen molar-refractivity contribution in [2.45, 2.75) is 38.8 Å². The summed E-state index contributed by atoms with van der Waals surface area (Å²) in [7, 11) is 0. The molecule has 31 heavy (non-hydrogen) atoms. The normalized spacial score (nSPS) is 20.4. The molecule has 1 unspecified atom stereocenters. The van der Waals surface area contributed by atoms with E-state index in [1.807, 2.05) is 24.3 Å². The molecule has 1 N–H and O–H groups in total. The quantitative estimate of drug-likeness (QED) is 0.761. The number of halogens is 2. The predicted octanol–water partition coefficient (Wildman–Crippen LogP) is 4.92. The zero-order valence-electron chi connectivity index (χ0n) is 17.7. The first-order chi connectivity index (χ1) is 14.8. The van der Waals surface area contributed by atoms with Gasteiger partial charge in [0.2, 0.25) is 0 Å². The average Bonchev–Trinajstić information content (AvgIpc) is 2.72. The van der Waals surface area contributed by atoms with Crippen molar-refractivity contribution in [3.05, 3.63) is 65.2 Å². The lowest BCUT2D eigenvalue weighted by atomic mass is 9.62. The van der Waals surface area contributed by atoms with Crippen LogP contribution in [0.25, 0.3) is 0 Å². The molecule has 0 aliphatic carbocycles. The number of hydrogen-bond acceptors (Lipinski definition) is 3. The van der Waals surface area contributed by atoms with Gasteiger partial charge in [-0.1, -0.05) is 12.1 Å². The van der Waals surface area contributed by atoms with Crippen LogP contribution in [0.2, 0.25) is 0 Å². The highest BCUT2D eigenvalue weighted by Crippen LogP contribution is 2.55. The molecule has 2 fully saturated rings. The number of nitriles is 1. The van der Waals surface area contributed by atoms with E-state index in [1.165, 1.54) is 5.56 Å². The number of nitrogens with one attached hydrogen (secondary N) is 1. The lowest BCUT2D eigenvalue weighted by Gasteiger charge is -2.62. The Morgan fingerprint density at radius 1 is 1.13 bits per heavy atom. The van der Waals surface area contributed by atoms with Gasteiger partial charge in [-0.15, -0.1) is 0 Å². The van der Waals surface area contributed by atoms with Crippen LogP contribution in [0.4, 0.5) is 19.3 Å². The summed E-state index contributed by atoms with van der Waals surface area (Å²) in [6.07, 6.45) is 1.71. The number of hydrogen-bond donors (Lipinski definition) is 1. The molecule has 0 radical (unpaired) electrons. The topological polar surface area (TPSA) is 59.4 Å². The van der Waals surface area contributed by atoms with Crippen molar-refractivity contribution >= 4 is 11.7 Å². The third kappa shape index (κ3) is 4.13. The van der Waals surface area contributed by atoms with Crippen molar-refractivity contribution in [3.8, 4) is 6.07 Å². The van der Waals surface area contributed by atoms with Crippen LogP contribution in [0.5, 0.6) is 0 Å². The van der Waals surface area contributed by atoms with E-state index < -0.39 is 11.6 Å². The lowest BCUT2D eigenvalue weighted by molar-refractivity contribution is -0.123. The highest BCUT2D eigenvalue weighted by Gasteiger charge is 2.54. The molecule has 0 aromatic heterocycles. The number of benzene rings is 2. The maximum Gasteiger partial charge on any atom is 0.321 e. The van der Waals surface area contributed by atoms with Crippen molar-refractivity contribution in [2.24, 2.45) is 5.41 Å². The second-order valence-electron chi connectivity index (χ2n) is 8.84. The number of nitrogens with zero attached hydrogens (tertiary/aromatic N) is 3. The van der Waals surface area contributed by atoms with E-state index in [0.717, 1.165) is 37.6 Å². The molecular weight excluding hydrogens is 398 g/mol. The summed E-state index contributed by atoms with van der Waals surface area (Å²) < 4.78 is 26.8. The summed E-state index contributed by atoms with van der Waals surface area (Å²) in [6, 6.07) is 13.3. The number of rotatable bonds is 3. The van der Waals surface area contributed by atoms with Gasteiger partial charge in [0.15, 0.2) is 0 Å². The molecule has 2 aliphatic rings. The smallest absolute Gasteiger partial charge is 0.321 e. The summed E-state index contributed by atoms with van der Waals surface area (Å²) in [6.45, 7) is 6.51. The maximum atomic E-state index is 13.4. The Hall–Kier alpha value is -2.98. The molecule has 1 atom stereocenters. The number of likely N-dealkylation sites (tertiary alicyclic amines) is 2. The fraction of sp³-hybridized carbons (Fsp3) is 0.417. The second-order valence-corrected chi connectivity index (χ2v) is 8.84. The van der Waals surface area contributed by atoms with Gasteiger partial charge in [0, 0.05) is 48.9 Å². The van der Waals surface area contributed by atoms with E-state index in [4.69, 9.17) is 5.26 Å². The monoisotopic (exact) mass is 424 g/mol. The SMILES string of the molecule is CC(C)N1CC2(CCN(C(=O)Nc3cc(F)cc(F)c3)CC2)C1c1ccc(C#N)cc1. The first kappa shape index (κ1) is 21.3. The number of amides is 2. The number of anilines is 1. The van der Waals surface area contributed by atoms with Crippen molar-refractivity contribution in [1.82, 2.24) is 9.80 Å². The van der Waals surface area contributed by atoms with Crippen LogP contribution < -0.4 is 5.32 Å². The van der Waals surface area contributed by atoms with Crippen molar-refractivity contribution in [1.29, 1.82) is 5.26 Å². The summed E-state index contributed by atoms with van der Waals surface area (Å²) in [5, 5.41) is 11.7. The van der Waals surface area contributed by atoms with E-state index in [9.17, 15) is 13.6 Å². The van der Waals surface area contributed by atoms with Crippen LogP contribution in [-0.2, 0) is 0 Å². The Morgan fingerprint density at radius 3 is 2.29 bits per heavy atom. The van der Waals surface area contributed by atoms with Crippen LogP contribution in [0.1, 0.15) is 43.9 Å². The van der Waals surface area contributed by atoms with Gasteiger partial charge in [-0.25, -0.2) is 13.6 Å². The third-order valence-electron chi connectivity index (χ3n) is 6.59. The van der Waals surface area contributed by atoms with E-state index >= 15 is 0 Å². The molecule has 0 saturated carbocycles. The van der Waals surface area contributed by atoms with Crippen LogP contribution in [0, 0.1) is 28.4 Å². The van der Waals surface area contributed by atoms with Gasteiger partial charge >= 0.3 is 6.03 Å². The van der Waals surface area contributed by atoms with Crippen LogP contribution in [-0.4, -0.2) is 41.5 Å². The Balaban J connectivity index is 1.45. The minimum Gasteiger partial charge on any atom is -0.324 e. The number of carbonyl (C=O) groups is 1. The Labute approximate surface area is 181 Å². The fourth-order valence-corrected chi connectivity index (χ4v) is 4.96. The number of carbonyl (C=O) groups excluding carboxylic acids is 1. The van der Waals surface area contributed by atoms with Gasteiger partial charge in [-0.3, -0.25) is 4.90 Å². The minimum absolute atomic E-state index is 0.0835. The first-order valence-corrected chi connectivity index (χ1v) is 10.6. The molecule has 2 amide bonds. The van der Waals surface area contributed by atoms with Gasteiger partial charge < -0.3 is 10.2 Å². The Bertz CT molecular complexity index is 987. The second kappa shape index (κ2) is 8.27. The molecule has 1 spiro atoms. The molecule has 7 heteroatoms. The van der Waals surface area contributed by atoms with Crippen LogP contribution in [0.3, 0.4) is 0 Å². The van der Waals surface area contributed by atoms with Gasteiger partial charge in [-0.2, -0.15) is 5.26 Å². The van der Waals surface area contributed by atoms with Gasteiger partial charge in [0.1, 0.15) is 11.6 Å². The van der Waals surface area contributed by atoms with Crippen molar-refractivity contribution in [3.63, 3.8) is 0 Å². The van der Waals surface area contributed by atoms with E-state index in [0.29, 0.717) is 24.7 Å². The summed E-state index contributed by atoms with van der Waals surface area (Å²) in [5.74, 6) is -1.44. The molecule has 0 bridgehead atoms. The Kier molecular flexibility index (Phi) is 5.67. The molecule has 162 valence electrons. The van der Waals surface area contributed by atoms with Gasteiger partial charge in [-0.05, 0) is 56.5 Å². The van der Waals surface area contributed by atoms with Crippen LogP contribution >= 0.6 is 0 Å². The molecule has 2 aromatic rings. The van der Waals surface area contributed by atoms with E-state index in [1.54, 1.807) is 4.90 Å². The van der Waals surface area contributed by atoms with Crippen molar-refractivity contribution < 1.29 is 13.6 Å². The van der Waals surface area contributed by atoms with E-state index in [2.05, 4.69) is 30.1 Å². The van der Waals surface area contributed by atoms with Gasteiger partial charge in [0.05, 0.1) is 11.6 Å². The minimum atomic E-state index is -0.721. The molecular formula is C24H26F2N4O. The average molecular weight is 424 g/mol. The summed E-state index contributed by atoms with van der Waals surface area (Å²) in [4.78, 5) is 16.8. The molecule has 5 nitrogen and oxygen atoms in total. The zero-order valence-corrected chi connectivity index (χ0v) is 17.7. The first-order valence-electron chi connectivity index (χ1n) is 10.6. The number of urea groups is 1. The summed E-state index contributed by atoms with van der Waals surface area (Å²) >= 11 is 0. The molecule has 2 aromatic carbocycles. The lowest BCUT2D eigenvalue weighted by Crippen LogP contribution is -2.64. The maximum absolute atomic E-state index is 13.4. The highest BCUT2D eigenvalue weighted by atomic mass is 19.1. The molecule has 2 heterocycles. The molecule has 2 saturated heterocycles. The molecule has 4 rings (SSSR count). The Morgan fingerprint density at radius 2 is 1.74 bits per heavy atom. The number of piperidine rings is 1. The standard InChI is InChI=1S/C24H26F2N4O/c1-16(2)30-15-24(22(30)18-5-3-17(14-27)4-6-18)7-9-29(10-8-24)23(31)28-21-12-19(25)11-20(26)13-21/h3-6,11-13,16,22H,7-10,15H2,1-2H3,(H,28,31). The largest absolute Gasteiger partial charge is 0.324 e. The molecule has 2 aliphatic heterocycles. The zero-order chi connectivity index (χ0) is 22.2. The van der Waals surface area contributed by atoms with Crippen molar-refractivity contribution in [2.75, 3.05) is 25.0 Å². The fourth-order valence-electron chi connectivity index (χ4n) is 4.96. The highest BCUT2D eigenvalue weighted by molar-refractivity contribution is 5.89. The van der Waals surface area contributed by atoms with E-state index in [-0.39, 0.29) is 23.2 Å². The predicted molar refractivity (Wildman–Crippen MR) is 114 cm³/mol.